The van der Waals surface area contributed by atoms with Crippen LogP contribution in [0.2, 0.25) is 0 Å². The molecule has 4 nitrogen and oxygen atoms in total. The zero-order chi connectivity index (χ0) is 20.5. The van der Waals surface area contributed by atoms with Crippen LogP contribution in [0.25, 0.3) is 0 Å². The van der Waals surface area contributed by atoms with E-state index in [1.54, 1.807) is 0 Å². The molecule has 0 saturated heterocycles. The van der Waals surface area contributed by atoms with Crippen LogP contribution in [0.5, 0.6) is 0 Å². The zero-order valence-corrected chi connectivity index (χ0v) is 16.8. The second-order valence-corrected chi connectivity index (χ2v) is 9.29. The summed E-state index contributed by atoms with van der Waals surface area (Å²) in [4.78, 5) is 17.6. The molecule has 0 N–H and O–H groups in total. The van der Waals surface area contributed by atoms with Crippen molar-refractivity contribution in [3.05, 3.63) is 0 Å². The van der Waals surface area contributed by atoms with E-state index in [9.17, 15) is 26.3 Å². The smallest absolute Gasteiger partial charge is 0.542 e. The van der Waals surface area contributed by atoms with Crippen molar-refractivity contribution >= 4 is 19.9 Å². The minimum atomic E-state index is -5.19. The van der Waals surface area contributed by atoms with Crippen LogP contribution in [-0.2, 0) is 30.0 Å². The SMILES string of the molecule is CC(C)P(C(C)C)C(C)C.O=C([O-])C(F)(F)F.O=C([O-])C(F)(F)F.[Pd+2]. The number of carboxylic acid groups (broad SMARTS) is 2. The minimum absolute atomic E-state index is 0. The third-order valence-electron chi connectivity index (χ3n) is 2.25. The van der Waals surface area contributed by atoms with Crippen molar-refractivity contribution in [1.29, 1.82) is 0 Å². The van der Waals surface area contributed by atoms with Gasteiger partial charge in [0.25, 0.3) is 0 Å². The van der Waals surface area contributed by atoms with Crippen LogP contribution in [0.4, 0.5) is 26.3 Å². The molecule has 0 aliphatic carbocycles. The molecule has 0 aromatic rings. The molecular formula is C13H21F6O4PPd. The van der Waals surface area contributed by atoms with Crippen LogP contribution in [0.15, 0.2) is 0 Å². The Labute approximate surface area is 157 Å². The Hall–Kier alpha value is -0.388. The maximum atomic E-state index is 10.5. The first-order chi connectivity index (χ1) is 10.4. The van der Waals surface area contributed by atoms with Gasteiger partial charge in [0, 0.05) is 0 Å². The molecule has 0 bridgehead atoms. The molecule has 0 aliphatic heterocycles. The van der Waals surface area contributed by atoms with Crippen LogP contribution in [0, 0.1) is 0 Å². The molecule has 12 heteroatoms. The maximum Gasteiger partial charge on any atom is 2.00 e. The van der Waals surface area contributed by atoms with E-state index in [0.717, 1.165) is 17.0 Å². The van der Waals surface area contributed by atoms with E-state index >= 15 is 0 Å². The first-order valence-corrected chi connectivity index (χ1v) is 8.24. The van der Waals surface area contributed by atoms with Gasteiger partial charge in [-0.1, -0.05) is 49.5 Å². The molecule has 0 aliphatic rings. The Kier molecular flexibility index (Phi) is 17.8. The Bertz CT molecular complexity index is 341. The Morgan fingerprint density at radius 1 is 0.680 bits per heavy atom. The molecular weight excluding hydrogens is 472 g/mol. The van der Waals surface area contributed by atoms with E-state index in [1.807, 2.05) is 0 Å². The van der Waals surface area contributed by atoms with E-state index < -0.39 is 24.3 Å². The van der Waals surface area contributed by atoms with Gasteiger partial charge >= 0.3 is 32.8 Å². The van der Waals surface area contributed by atoms with Gasteiger partial charge in [-0.05, 0) is 17.0 Å². The second kappa shape index (κ2) is 13.8. The summed E-state index contributed by atoms with van der Waals surface area (Å²) in [6.07, 6.45) is -10.4. The predicted molar refractivity (Wildman–Crippen MR) is 74.5 cm³/mol. The minimum Gasteiger partial charge on any atom is -0.542 e. The van der Waals surface area contributed by atoms with Crippen LogP contribution in [0.3, 0.4) is 0 Å². The van der Waals surface area contributed by atoms with Crippen molar-refractivity contribution in [2.45, 2.75) is 70.9 Å². The van der Waals surface area contributed by atoms with Crippen LogP contribution < -0.4 is 10.2 Å². The van der Waals surface area contributed by atoms with Crippen LogP contribution in [-0.4, -0.2) is 41.3 Å². The van der Waals surface area contributed by atoms with E-state index in [1.165, 1.54) is 0 Å². The molecule has 0 fully saturated rings. The molecule has 0 atom stereocenters. The molecule has 154 valence electrons. The standard InChI is InChI=1S/C9H21P.2C2HF3O2.Pd/c1-7(2)10(8(3)4)9(5)6;2*3-2(4,5)1(6)7;/h7-9H,1-6H3;2*(H,6,7);/q;;;+2/p-2. The fourth-order valence-corrected chi connectivity index (χ4v) is 5.37. The summed E-state index contributed by atoms with van der Waals surface area (Å²) in [6, 6.07) is 0. The van der Waals surface area contributed by atoms with Crippen molar-refractivity contribution in [3.63, 3.8) is 0 Å². The maximum absolute atomic E-state index is 10.5. The van der Waals surface area contributed by atoms with Crippen LogP contribution in [0.1, 0.15) is 41.5 Å². The summed E-state index contributed by atoms with van der Waals surface area (Å²) >= 11 is 0. The number of carbonyl (C=O) groups excluding carboxylic acids is 2. The van der Waals surface area contributed by atoms with Gasteiger partial charge in [0.2, 0.25) is 0 Å². The molecule has 0 amide bonds. The van der Waals surface area contributed by atoms with Gasteiger partial charge in [-0.3, -0.25) is 0 Å². The Balaban J connectivity index is -0.000000133. The van der Waals surface area contributed by atoms with Gasteiger partial charge in [-0.25, -0.2) is 0 Å². The van der Waals surface area contributed by atoms with Crippen molar-refractivity contribution < 1.29 is 66.6 Å². The van der Waals surface area contributed by atoms with Crippen molar-refractivity contribution in [1.82, 2.24) is 0 Å². The quantitative estimate of drug-likeness (QED) is 0.344. The zero-order valence-electron chi connectivity index (χ0n) is 14.4. The number of aliphatic carboxylic acids is 2. The number of hydrogen-bond donors (Lipinski definition) is 0. The summed E-state index contributed by atoms with van der Waals surface area (Å²) in [5.41, 5.74) is 2.69. The molecule has 0 aromatic carbocycles. The number of halogens is 6. The molecule has 0 unspecified atom stereocenters. The van der Waals surface area contributed by atoms with Gasteiger partial charge in [-0.15, -0.1) is 0 Å². The molecule has 0 rings (SSSR count). The van der Waals surface area contributed by atoms with Gasteiger partial charge in [0.15, 0.2) is 0 Å². The average Bonchev–Trinajstić information content (AvgIpc) is 2.25. The largest absolute Gasteiger partial charge is 2.00 e. The Morgan fingerprint density at radius 3 is 0.800 bits per heavy atom. The summed E-state index contributed by atoms with van der Waals surface area (Å²) in [7, 11) is 0.262. The van der Waals surface area contributed by atoms with Crippen LogP contribution >= 0.6 is 7.92 Å². The van der Waals surface area contributed by atoms with Crippen molar-refractivity contribution in [2.24, 2.45) is 0 Å². The number of carbonyl (C=O) groups is 2. The van der Waals surface area contributed by atoms with E-state index in [4.69, 9.17) is 19.8 Å². The molecule has 0 heterocycles. The Morgan fingerprint density at radius 2 is 0.800 bits per heavy atom. The molecule has 25 heavy (non-hydrogen) atoms. The predicted octanol–water partition coefficient (Wildman–Crippen LogP) is 2.29. The fraction of sp³-hybridized carbons (Fsp3) is 0.846. The van der Waals surface area contributed by atoms with E-state index in [2.05, 4.69) is 41.5 Å². The average molecular weight is 493 g/mol. The van der Waals surface area contributed by atoms with E-state index in [0.29, 0.717) is 0 Å². The molecule has 0 saturated carbocycles. The number of rotatable bonds is 3. The van der Waals surface area contributed by atoms with E-state index in [-0.39, 0.29) is 28.3 Å². The third-order valence-corrected chi connectivity index (χ3v) is 5.83. The molecule has 0 aromatic heterocycles. The summed E-state index contributed by atoms with van der Waals surface area (Å²) in [5.74, 6) is -6.01. The normalized spacial score (nSPS) is 11.4. The van der Waals surface area contributed by atoms with Gasteiger partial charge < -0.3 is 19.8 Å². The van der Waals surface area contributed by atoms with Gasteiger partial charge in [-0.2, -0.15) is 26.3 Å². The summed E-state index contributed by atoms with van der Waals surface area (Å²) < 4.78 is 63.1. The number of hydrogen-bond acceptors (Lipinski definition) is 4. The topological polar surface area (TPSA) is 80.3 Å². The second-order valence-electron chi connectivity index (χ2n) is 5.30. The first-order valence-electron chi connectivity index (χ1n) is 6.69. The van der Waals surface area contributed by atoms with Crippen molar-refractivity contribution in [2.75, 3.05) is 0 Å². The summed E-state index contributed by atoms with van der Waals surface area (Å²) in [5, 5.41) is 17.6. The number of alkyl halides is 6. The monoisotopic (exact) mass is 492 g/mol. The summed E-state index contributed by atoms with van der Waals surface area (Å²) in [6.45, 7) is 14.1. The van der Waals surface area contributed by atoms with Gasteiger partial charge in [0.1, 0.15) is 11.9 Å². The van der Waals surface area contributed by atoms with Gasteiger partial charge in [0.05, 0.1) is 0 Å². The third kappa shape index (κ3) is 19.8. The van der Waals surface area contributed by atoms with Crippen molar-refractivity contribution in [3.8, 4) is 0 Å². The first kappa shape index (κ1) is 32.3. The molecule has 0 spiro atoms. The number of carboxylic acids is 2. The fourth-order valence-electron chi connectivity index (χ4n) is 1.79. The molecule has 0 radical (unpaired) electrons.